The molecule has 9 heteroatoms. The van der Waals surface area contributed by atoms with E-state index in [-0.39, 0.29) is 11.1 Å². The largest absolute Gasteiger partial charge is 0.394 e. The summed E-state index contributed by atoms with van der Waals surface area (Å²) in [7, 11) is 0. The molecule has 4 fully saturated rings. The van der Waals surface area contributed by atoms with E-state index in [4.69, 9.17) is 5.73 Å². The summed E-state index contributed by atoms with van der Waals surface area (Å²) in [5.74, 6) is 1.59. The van der Waals surface area contributed by atoms with E-state index in [1.807, 2.05) is 0 Å². The highest BCUT2D eigenvalue weighted by molar-refractivity contribution is 6.22. The highest BCUT2D eigenvalue weighted by Gasteiger charge is 2.57. The standard InChI is InChI=1S/C33H43N5O4/c1-19-17-36(12-13-37(19)27-15-22-14-26(20(27)2)33(22,3)4)32(34)35-23-10-11-24-25(16-23)31(42)38(30(24)41)28(18-39)29(40)21-8-6-5-7-9-21/h5-11,16,19-20,22,26-29,39-40H,12-15,17-18H2,1-4H3,(H2,34,35)/t19-,20+,22-,26-,27-,28-,29-/m0/s1. The van der Waals surface area contributed by atoms with Crippen molar-refractivity contribution >= 4 is 23.5 Å². The maximum Gasteiger partial charge on any atom is 0.262 e. The predicted octanol–water partition coefficient (Wildman–Crippen LogP) is 3.40. The zero-order valence-corrected chi connectivity index (χ0v) is 25.0. The minimum Gasteiger partial charge on any atom is -0.394 e. The number of hydrogen-bond donors (Lipinski definition) is 3. The first kappa shape index (κ1) is 28.8. The van der Waals surface area contributed by atoms with Gasteiger partial charge in [-0.2, -0.15) is 0 Å². The molecule has 7 atom stereocenters. The molecule has 0 radical (unpaired) electrons. The lowest BCUT2D eigenvalue weighted by Gasteiger charge is -2.64. The van der Waals surface area contributed by atoms with Crippen molar-refractivity contribution in [3.05, 3.63) is 65.2 Å². The van der Waals surface area contributed by atoms with Crippen molar-refractivity contribution in [1.82, 2.24) is 14.7 Å². The van der Waals surface area contributed by atoms with Crippen LogP contribution in [0.25, 0.3) is 0 Å². The van der Waals surface area contributed by atoms with Crippen molar-refractivity contribution in [1.29, 1.82) is 0 Å². The van der Waals surface area contributed by atoms with Crippen LogP contribution in [0.3, 0.4) is 0 Å². The first-order valence-electron chi connectivity index (χ1n) is 15.2. The van der Waals surface area contributed by atoms with Crippen molar-refractivity contribution in [2.24, 2.45) is 33.9 Å². The molecule has 5 aliphatic rings. The predicted molar refractivity (Wildman–Crippen MR) is 161 cm³/mol. The molecule has 224 valence electrons. The normalized spacial score (nSPS) is 30.6. The van der Waals surface area contributed by atoms with Gasteiger partial charge >= 0.3 is 0 Å². The number of benzene rings is 2. The molecule has 3 aliphatic carbocycles. The number of aliphatic hydroxyl groups excluding tert-OH is 2. The van der Waals surface area contributed by atoms with E-state index in [1.54, 1.807) is 48.5 Å². The lowest BCUT2D eigenvalue weighted by molar-refractivity contribution is -0.147. The van der Waals surface area contributed by atoms with E-state index in [9.17, 15) is 19.8 Å². The van der Waals surface area contributed by atoms with Gasteiger partial charge in [-0.3, -0.25) is 19.4 Å². The summed E-state index contributed by atoms with van der Waals surface area (Å²) in [6.45, 7) is 11.5. The Balaban J connectivity index is 1.14. The van der Waals surface area contributed by atoms with Gasteiger partial charge in [0.2, 0.25) is 0 Å². The van der Waals surface area contributed by atoms with Crippen LogP contribution >= 0.6 is 0 Å². The van der Waals surface area contributed by atoms with Crippen LogP contribution in [0, 0.1) is 23.2 Å². The Bertz CT molecular complexity index is 1390. The molecule has 0 spiro atoms. The molecule has 2 amide bonds. The molecule has 1 saturated heterocycles. The molecule has 3 saturated carbocycles. The number of nitrogens with zero attached hydrogens (tertiary/aromatic N) is 4. The fourth-order valence-electron chi connectivity index (χ4n) is 8.25. The SMILES string of the molecule is C[C@H]1[C@@H](N2CCN(C(N)=Nc3ccc4c(c3)C(=O)N([C@@H](CO)[C@@H](O)c3ccccc3)C4=O)C[C@@H]2C)C[C@@H]2C[C@@H]1C2(C)C. The Hall–Kier alpha value is -3.27. The lowest BCUT2D eigenvalue weighted by Crippen LogP contribution is -2.65. The summed E-state index contributed by atoms with van der Waals surface area (Å²) in [5, 5.41) is 21.0. The van der Waals surface area contributed by atoms with Crippen molar-refractivity contribution in [3.8, 4) is 0 Å². The Morgan fingerprint density at radius 2 is 1.76 bits per heavy atom. The topological polar surface area (TPSA) is 123 Å². The first-order chi connectivity index (χ1) is 20.0. The van der Waals surface area contributed by atoms with Gasteiger partial charge in [0.1, 0.15) is 6.10 Å². The van der Waals surface area contributed by atoms with Crippen LogP contribution in [-0.2, 0) is 0 Å². The number of guanidine groups is 1. The molecular formula is C33H43N5O4. The van der Waals surface area contributed by atoms with Gasteiger partial charge in [0, 0.05) is 31.7 Å². The summed E-state index contributed by atoms with van der Waals surface area (Å²) in [6.07, 6.45) is 1.43. The highest BCUT2D eigenvalue weighted by atomic mass is 16.3. The molecule has 42 heavy (non-hydrogen) atoms. The fraction of sp³-hybridized carbons (Fsp3) is 0.545. The van der Waals surface area contributed by atoms with E-state index in [1.165, 1.54) is 12.8 Å². The number of carbonyl (C=O) groups excluding carboxylic acids is 2. The van der Waals surface area contributed by atoms with Crippen LogP contribution in [0.5, 0.6) is 0 Å². The van der Waals surface area contributed by atoms with Gasteiger partial charge in [-0.05, 0) is 66.7 Å². The maximum atomic E-state index is 13.4. The zero-order chi connectivity index (χ0) is 29.9. The van der Waals surface area contributed by atoms with E-state index in [2.05, 4.69) is 42.5 Å². The van der Waals surface area contributed by atoms with Crippen molar-refractivity contribution < 1.29 is 19.8 Å². The minimum atomic E-state index is -1.22. The summed E-state index contributed by atoms with van der Waals surface area (Å²) in [5.41, 5.74) is 8.38. The second kappa shape index (κ2) is 10.8. The minimum absolute atomic E-state index is 0.193. The van der Waals surface area contributed by atoms with Crippen molar-refractivity contribution in [2.75, 3.05) is 26.2 Å². The van der Waals surface area contributed by atoms with Crippen LogP contribution in [0.2, 0.25) is 0 Å². The molecule has 2 aromatic rings. The van der Waals surface area contributed by atoms with Gasteiger partial charge in [0.15, 0.2) is 5.96 Å². The monoisotopic (exact) mass is 573 g/mol. The Kier molecular flexibility index (Phi) is 7.40. The number of fused-ring (bicyclic) bond motifs is 3. The Morgan fingerprint density at radius 3 is 2.40 bits per heavy atom. The second-order valence-electron chi connectivity index (χ2n) is 13.3. The van der Waals surface area contributed by atoms with Crippen LogP contribution in [0.4, 0.5) is 5.69 Å². The Morgan fingerprint density at radius 1 is 1.05 bits per heavy atom. The van der Waals surface area contributed by atoms with Crippen LogP contribution in [0.15, 0.2) is 53.5 Å². The van der Waals surface area contributed by atoms with E-state index in [0.717, 1.165) is 36.4 Å². The number of nitrogens with two attached hydrogens (primary N) is 1. The van der Waals surface area contributed by atoms with Gasteiger partial charge in [-0.15, -0.1) is 0 Å². The number of amides is 2. The third kappa shape index (κ3) is 4.62. The van der Waals surface area contributed by atoms with E-state index in [0.29, 0.717) is 40.6 Å². The summed E-state index contributed by atoms with van der Waals surface area (Å²) < 4.78 is 0. The average Bonchev–Trinajstić information content (AvgIpc) is 3.22. The van der Waals surface area contributed by atoms with Crippen LogP contribution in [-0.4, -0.2) is 87.1 Å². The smallest absolute Gasteiger partial charge is 0.262 e. The number of piperazine rings is 1. The molecule has 2 bridgehead atoms. The number of aliphatic hydroxyl groups is 2. The van der Waals surface area contributed by atoms with Gasteiger partial charge in [-0.1, -0.05) is 51.1 Å². The molecule has 0 unspecified atom stereocenters. The van der Waals surface area contributed by atoms with Gasteiger partial charge in [0.05, 0.1) is 29.5 Å². The van der Waals surface area contributed by atoms with E-state index >= 15 is 0 Å². The molecular weight excluding hydrogens is 530 g/mol. The van der Waals surface area contributed by atoms with E-state index < -0.39 is 30.6 Å². The fourth-order valence-corrected chi connectivity index (χ4v) is 8.25. The Labute approximate surface area is 248 Å². The van der Waals surface area contributed by atoms with Crippen molar-refractivity contribution in [3.63, 3.8) is 0 Å². The van der Waals surface area contributed by atoms with Crippen molar-refractivity contribution in [2.45, 2.75) is 64.8 Å². The molecule has 2 aromatic carbocycles. The number of rotatable bonds is 6. The van der Waals surface area contributed by atoms with Gasteiger partial charge in [0.25, 0.3) is 11.8 Å². The number of hydrogen-bond acceptors (Lipinski definition) is 6. The molecule has 7 rings (SSSR count). The second-order valence-corrected chi connectivity index (χ2v) is 13.3. The molecule has 2 heterocycles. The quantitative estimate of drug-likeness (QED) is 0.275. The average molecular weight is 574 g/mol. The number of aliphatic imine (C=N–C) groups is 1. The molecule has 4 N–H and O–H groups in total. The number of carbonyl (C=O) groups is 2. The third-order valence-electron chi connectivity index (χ3n) is 10.9. The molecule has 2 aliphatic heterocycles. The van der Waals surface area contributed by atoms with Gasteiger partial charge in [-0.25, -0.2) is 4.99 Å². The summed E-state index contributed by atoms with van der Waals surface area (Å²) >= 11 is 0. The maximum absolute atomic E-state index is 13.4. The third-order valence-corrected chi connectivity index (χ3v) is 10.9. The zero-order valence-electron chi connectivity index (χ0n) is 25.0. The summed E-state index contributed by atoms with van der Waals surface area (Å²) in [4.78, 5) is 37.0. The lowest BCUT2D eigenvalue weighted by atomic mass is 9.44. The number of imide groups is 1. The van der Waals surface area contributed by atoms with Gasteiger partial charge < -0.3 is 20.8 Å². The summed E-state index contributed by atoms with van der Waals surface area (Å²) in [6, 6.07) is 13.4. The molecule has 0 aromatic heterocycles. The highest BCUT2D eigenvalue weighted by Crippen LogP contribution is 2.62. The molecule has 9 nitrogen and oxygen atoms in total. The van der Waals surface area contributed by atoms with Crippen LogP contribution in [0.1, 0.15) is 72.9 Å². The van der Waals surface area contributed by atoms with Crippen LogP contribution < -0.4 is 5.73 Å². The first-order valence-corrected chi connectivity index (χ1v) is 15.2.